The molecule has 88 valence electrons. The lowest BCUT2D eigenvalue weighted by molar-refractivity contribution is -0.391. The summed E-state index contributed by atoms with van der Waals surface area (Å²) in [6.07, 6.45) is 1.25. The second kappa shape index (κ2) is 3.70. The summed E-state index contributed by atoms with van der Waals surface area (Å²) in [4.78, 5) is 26.8. The number of H-pyrrole nitrogens is 1. The van der Waals surface area contributed by atoms with Gasteiger partial charge < -0.3 is 10.3 Å². The van der Waals surface area contributed by atoms with Crippen molar-refractivity contribution in [1.29, 1.82) is 0 Å². The van der Waals surface area contributed by atoms with Gasteiger partial charge in [-0.25, -0.2) is 4.98 Å². The molecule has 1 heterocycles. The van der Waals surface area contributed by atoms with Crippen molar-refractivity contribution in [3.8, 4) is 0 Å². The predicted octanol–water partition coefficient (Wildman–Crippen LogP) is 1.42. The molecular weight excluding hydrogens is 230 g/mol. The minimum absolute atomic E-state index is 0.0879. The van der Waals surface area contributed by atoms with Gasteiger partial charge >= 0.3 is 11.4 Å². The van der Waals surface area contributed by atoms with Gasteiger partial charge in [-0.1, -0.05) is 0 Å². The van der Waals surface area contributed by atoms with E-state index < -0.39 is 15.5 Å². The van der Waals surface area contributed by atoms with Crippen molar-refractivity contribution in [2.24, 2.45) is 0 Å². The lowest BCUT2D eigenvalue weighted by atomic mass is 10.2. The summed E-state index contributed by atoms with van der Waals surface area (Å²) in [5, 5.41) is 24.3. The highest BCUT2D eigenvalue weighted by Gasteiger charge is 2.29. The molecule has 1 aromatic carbocycles. The van der Waals surface area contributed by atoms with E-state index in [0.29, 0.717) is 0 Å². The third-order valence-corrected chi connectivity index (χ3v) is 2.30. The zero-order valence-electron chi connectivity index (χ0n) is 8.63. The number of fused-ring (bicyclic) bond motifs is 1. The zero-order chi connectivity index (χ0) is 12.6. The van der Waals surface area contributed by atoms with Crippen LogP contribution in [0.1, 0.15) is 0 Å². The molecule has 17 heavy (non-hydrogen) atoms. The zero-order valence-corrected chi connectivity index (χ0v) is 8.63. The fraction of sp³-hybridized carbons (Fsp3) is 0.125. The molecule has 0 aliphatic rings. The van der Waals surface area contributed by atoms with Crippen LogP contribution in [0.2, 0.25) is 0 Å². The van der Waals surface area contributed by atoms with Gasteiger partial charge in [-0.3, -0.25) is 20.2 Å². The minimum Gasteiger partial charge on any atom is -0.377 e. The van der Waals surface area contributed by atoms with Crippen LogP contribution in [0.25, 0.3) is 11.0 Å². The summed E-state index contributed by atoms with van der Waals surface area (Å²) in [5.41, 5.74) is -0.583. The number of hydrogen-bond donors (Lipinski definition) is 2. The van der Waals surface area contributed by atoms with Crippen LogP contribution in [0.3, 0.4) is 0 Å². The van der Waals surface area contributed by atoms with E-state index in [1.807, 2.05) is 0 Å². The largest absolute Gasteiger partial charge is 0.377 e. The van der Waals surface area contributed by atoms with E-state index in [0.717, 1.165) is 0 Å². The van der Waals surface area contributed by atoms with Crippen LogP contribution in [0.4, 0.5) is 17.1 Å². The SMILES string of the molecule is CNc1c([N+](=O)[O-])cc2[nH]cnc2c1[N+](=O)[O-]. The monoisotopic (exact) mass is 237 g/mol. The van der Waals surface area contributed by atoms with Crippen molar-refractivity contribution < 1.29 is 9.85 Å². The van der Waals surface area contributed by atoms with Crippen LogP contribution in [-0.4, -0.2) is 26.9 Å². The molecular formula is C8H7N5O4. The molecule has 0 aliphatic carbocycles. The molecule has 0 aliphatic heterocycles. The molecule has 2 aromatic rings. The molecule has 0 bridgehead atoms. The van der Waals surface area contributed by atoms with Crippen molar-refractivity contribution in [2.75, 3.05) is 12.4 Å². The van der Waals surface area contributed by atoms with Gasteiger partial charge in [0.2, 0.25) is 0 Å². The molecule has 9 heteroatoms. The van der Waals surface area contributed by atoms with E-state index in [2.05, 4.69) is 15.3 Å². The van der Waals surface area contributed by atoms with Crippen molar-refractivity contribution >= 4 is 28.1 Å². The first-order valence-corrected chi connectivity index (χ1v) is 4.53. The summed E-state index contributed by atoms with van der Waals surface area (Å²) >= 11 is 0. The van der Waals surface area contributed by atoms with Crippen LogP contribution in [-0.2, 0) is 0 Å². The number of benzene rings is 1. The van der Waals surface area contributed by atoms with Crippen molar-refractivity contribution in [1.82, 2.24) is 9.97 Å². The highest BCUT2D eigenvalue weighted by atomic mass is 16.6. The Morgan fingerprint density at radius 3 is 2.59 bits per heavy atom. The Morgan fingerprint density at radius 2 is 2.06 bits per heavy atom. The average molecular weight is 237 g/mol. The van der Waals surface area contributed by atoms with Crippen molar-refractivity contribution in [3.63, 3.8) is 0 Å². The first-order valence-electron chi connectivity index (χ1n) is 4.53. The molecule has 0 radical (unpaired) electrons. The maximum atomic E-state index is 11.0. The lowest BCUT2D eigenvalue weighted by Gasteiger charge is -2.03. The molecule has 1 aromatic heterocycles. The lowest BCUT2D eigenvalue weighted by Crippen LogP contribution is -2.02. The Morgan fingerprint density at radius 1 is 1.35 bits per heavy atom. The molecule has 0 atom stereocenters. The fourth-order valence-corrected chi connectivity index (χ4v) is 1.62. The minimum atomic E-state index is -0.692. The second-order valence-corrected chi connectivity index (χ2v) is 3.18. The topological polar surface area (TPSA) is 127 Å². The molecule has 0 spiro atoms. The number of anilines is 1. The molecule has 2 rings (SSSR count). The van der Waals surface area contributed by atoms with Crippen LogP contribution >= 0.6 is 0 Å². The van der Waals surface area contributed by atoms with E-state index in [4.69, 9.17) is 0 Å². The summed E-state index contributed by atoms with van der Waals surface area (Å²) in [5.74, 6) is 0. The Kier molecular flexibility index (Phi) is 2.35. The van der Waals surface area contributed by atoms with Gasteiger partial charge in [-0.2, -0.15) is 0 Å². The molecule has 0 saturated carbocycles. The number of nitrogens with one attached hydrogen (secondary N) is 2. The first kappa shape index (κ1) is 10.8. The average Bonchev–Trinajstić information content (AvgIpc) is 2.73. The molecule has 9 nitrogen and oxygen atoms in total. The number of nitro groups is 2. The Hall–Kier alpha value is -2.71. The van der Waals surface area contributed by atoms with Crippen LogP contribution in [0, 0.1) is 20.2 Å². The van der Waals surface area contributed by atoms with E-state index in [1.54, 1.807) is 0 Å². The summed E-state index contributed by atoms with van der Waals surface area (Å²) < 4.78 is 0. The van der Waals surface area contributed by atoms with Crippen molar-refractivity contribution in [3.05, 3.63) is 32.6 Å². The van der Waals surface area contributed by atoms with Crippen LogP contribution < -0.4 is 5.32 Å². The van der Waals surface area contributed by atoms with E-state index in [9.17, 15) is 20.2 Å². The third-order valence-electron chi connectivity index (χ3n) is 2.30. The van der Waals surface area contributed by atoms with Gasteiger partial charge in [0.25, 0.3) is 0 Å². The van der Waals surface area contributed by atoms with Gasteiger partial charge in [0, 0.05) is 13.1 Å². The van der Waals surface area contributed by atoms with Gasteiger partial charge in [-0.05, 0) is 0 Å². The van der Waals surface area contributed by atoms with Crippen LogP contribution in [0.5, 0.6) is 0 Å². The Labute approximate surface area is 93.8 Å². The molecule has 2 N–H and O–H groups in total. The van der Waals surface area contributed by atoms with Gasteiger partial charge in [0.15, 0.2) is 11.2 Å². The fourth-order valence-electron chi connectivity index (χ4n) is 1.62. The molecule has 0 unspecified atom stereocenters. The Balaban J connectivity index is 2.93. The number of nitro benzene ring substituents is 2. The van der Waals surface area contributed by atoms with Gasteiger partial charge in [0.05, 0.1) is 21.7 Å². The summed E-state index contributed by atoms with van der Waals surface area (Å²) in [7, 11) is 1.38. The number of aromatic nitrogens is 2. The second-order valence-electron chi connectivity index (χ2n) is 3.18. The highest BCUT2D eigenvalue weighted by molar-refractivity contribution is 5.96. The maximum absolute atomic E-state index is 11.0. The van der Waals surface area contributed by atoms with Gasteiger partial charge in [0.1, 0.15) is 0 Å². The quantitative estimate of drug-likeness (QED) is 0.613. The summed E-state index contributed by atoms with van der Waals surface area (Å²) in [6.45, 7) is 0. The van der Waals surface area contributed by atoms with Gasteiger partial charge in [-0.15, -0.1) is 0 Å². The normalized spacial score (nSPS) is 10.4. The standard InChI is InChI=1S/C8H7N5O4/c1-9-7-5(12(14)15)2-4-6(11-3-10-4)8(7)13(16)17/h2-3,9H,1H3,(H,10,11). The first-order chi connectivity index (χ1) is 8.06. The van der Waals surface area contributed by atoms with E-state index in [1.165, 1.54) is 19.4 Å². The molecule has 0 fully saturated rings. The van der Waals surface area contributed by atoms with Crippen LogP contribution in [0.15, 0.2) is 12.4 Å². The number of nitrogens with zero attached hydrogens (tertiary/aromatic N) is 3. The van der Waals surface area contributed by atoms with E-state index >= 15 is 0 Å². The summed E-state index contributed by atoms with van der Waals surface area (Å²) in [6, 6.07) is 1.21. The number of imidazole rings is 1. The maximum Gasteiger partial charge on any atom is 0.327 e. The number of hydrogen-bond acceptors (Lipinski definition) is 6. The predicted molar refractivity (Wildman–Crippen MR) is 58.9 cm³/mol. The highest BCUT2D eigenvalue weighted by Crippen LogP contribution is 2.39. The van der Waals surface area contributed by atoms with Crippen molar-refractivity contribution in [2.45, 2.75) is 0 Å². The molecule has 0 saturated heterocycles. The number of rotatable bonds is 3. The van der Waals surface area contributed by atoms with E-state index in [-0.39, 0.29) is 22.4 Å². The smallest absolute Gasteiger partial charge is 0.327 e. The molecule has 0 amide bonds. The third kappa shape index (κ3) is 1.53. The Bertz CT molecular complexity index is 620. The number of aromatic amines is 1.